The topological polar surface area (TPSA) is 60.8 Å². The molecule has 4 heteroatoms. The van der Waals surface area contributed by atoms with Crippen molar-refractivity contribution in [2.75, 3.05) is 19.7 Å². The standard InChI is InChI=1S/C14H21NO3/c1-2-15(8-5-9-16)11-13-7-4-3-6-12(13)10-14(17)18/h3-4,6-7,16H,2,5,8-11H2,1H3,(H,17,18). The Hall–Kier alpha value is -1.39. The van der Waals surface area contributed by atoms with Crippen LogP contribution in [0.2, 0.25) is 0 Å². The minimum absolute atomic E-state index is 0.0632. The maximum absolute atomic E-state index is 10.8. The van der Waals surface area contributed by atoms with Crippen molar-refractivity contribution in [2.24, 2.45) is 0 Å². The molecule has 0 aliphatic heterocycles. The van der Waals surface area contributed by atoms with E-state index in [2.05, 4.69) is 11.8 Å². The number of carboxylic acids is 1. The third-order valence-electron chi connectivity index (χ3n) is 2.93. The number of aliphatic hydroxyl groups is 1. The lowest BCUT2D eigenvalue weighted by Gasteiger charge is -2.21. The average molecular weight is 251 g/mol. The van der Waals surface area contributed by atoms with Crippen LogP contribution in [0, 0.1) is 0 Å². The summed E-state index contributed by atoms with van der Waals surface area (Å²) in [6, 6.07) is 7.63. The van der Waals surface area contributed by atoms with E-state index in [1.54, 1.807) is 0 Å². The van der Waals surface area contributed by atoms with Crippen molar-refractivity contribution in [3.63, 3.8) is 0 Å². The molecule has 0 saturated carbocycles. The Morgan fingerprint density at radius 1 is 1.28 bits per heavy atom. The van der Waals surface area contributed by atoms with Gasteiger partial charge in [-0.15, -0.1) is 0 Å². The molecule has 18 heavy (non-hydrogen) atoms. The second kappa shape index (κ2) is 7.84. The average Bonchev–Trinajstić information content (AvgIpc) is 2.35. The lowest BCUT2D eigenvalue weighted by molar-refractivity contribution is -0.136. The third kappa shape index (κ3) is 4.85. The Morgan fingerprint density at radius 2 is 1.94 bits per heavy atom. The summed E-state index contributed by atoms with van der Waals surface area (Å²) in [4.78, 5) is 13.0. The van der Waals surface area contributed by atoms with Crippen LogP contribution in [0.1, 0.15) is 24.5 Å². The minimum atomic E-state index is -0.805. The van der Waals surface area contributed by atoms with Gasteiger partial charge in [-0.3, -0.25) is 9.69 Å². The molecule has 1 aromatic rings. The van der Waals surface area contributed by atoms with Gasteiger partial charge in [-0.25, -0.2) is 0 Å². The number of carboxylic acid groups (broad SMARTS) is 1. The van der Waals surface area contributed by atoms with Crippen LogP contribution in [0.25, 0.3) is 0 Å². The highest BCUT2D eigenvalue weighted by molar-refractivity contribution is 5.70. The number of benzene rings is 1. The van der Waals surface area contributed by atoms with E-state index in [9.17, 15) is 4.79 Å². The first-order chi connectivity index (χ1) is 8.67. The van der Waals surface area contributed by atoms with Crippen molar-refractivity contribution in [1.82, 2.24) is 4.90 Å². The molecule has 0 heterocycles. The van der Waals surface area contributed by atoms with Crippen molar-refractivity contribution in [3.05, 3.63) is 35.4 Å². The molecule has 1 rings (SSSR count). The highest BCUT2D eigenvalue weighted by Crippen LogP contribution is 2.12. The largest absolute Gasteiger partial charge is 0.481 e. The first kappa shape index (κ1) is 14.7. The van der Waals surface area contributed by atoms with Crippen LogP contribution < -0.4 is 0 Å². The zero-order chi connectivity index (χ0) is 13.4. The number of hydrogen-bond donors (Lipinski definition) is 2. The predicted octanol–water partition coefficient (Wildman–Crippen LogP) is 1.52. The van der Waals surface area contributed by atoms with E-state index in [0.29, 0.717) is 0 Å². The second-order valence-corrected chi connectivity index (χ2v) is 4.29. The van der Waals surface area contributed by atoms with Gasteiger partial charge in [0, 0.05) is 19.7 Å². The van der Waals surface area contributed by atoms with E-state index in [1.807, 2.05) is 24.3 Å². The second-order valence-electron chi connectivity index (χ2n) is 4.29. The van der Waals surface area contributed by atoms with E-state index in [4.69, 9.17) is 10.2 Å². The molecule has 0 fully saturated rings. The minimum Gasteiger partial charge on any atom is -0.481 e. The van der Waals surface area contributed by atoms with E-state index >= 15 is 0 Å². The Kier molecular flexibility index (Phi) is 6.39. The smallest absolute Gasteiger partial charge is 0.307 e. The number of carbonyl (C=O) groups is 1. The SMILES string of the molecule is CCN(CCCO)Cc1ccccc1CC(=O)O. The Bertz CT molecular complexity index is 379. The van der Waals surface area contributed by atoms with E-state index in [-0.39, 0.29) is 13.0 Å². The van der Waals surface area contributed by atoms with Crippen LogP contribution in [0.4, 0.5) is 0 Å². The third-order valence-corrected chi connectivity index (χ3v) is 2.93. The van der Waals surface area contributed by atoms with Gasteiger partial charge in [-0.05, 0) is 24.1 Å². The summed E-state index contributed by atoms with van der Waals surface area (Å²) in [5.41, 5.74) is 1.92. The molecule has 0 atom stereocenters. The fraction of sp³-hybridized carbons (Fsp3) is 0.500. The molecule has 100 valence electrons. The molecule has 0 saturated heterocycles. The zero-order valence-electron chi connectivity index (χ0n) is 10.8. The number of nitrogens with zero attached hydrogens (tertiary/aromatic N) is 1. The van der Waals surface area contributed by atoms with Gasteiger partial charge in [0.2, 0.25) is 0 Å². The van der Waals surface area contributed by atoms with Crippen LogP contribution in [-0.4, -0.2) is 40.8 Å². The molecular weight excluding hydrogens is 230 g/mol. The summed E-state index contributed by atoms with van der Waals surface area (Å²) >= 11 is 0. The summed E-state index contributed by atoms with van der Waals surface area (Å²) in [5, 5.41) is 17.7. The maximum atomic E-state index is 10.8. The monoisotopic (exact) mass is 251 g/mol. The molecule has 2 N–H and O–H groups in total. The highest BCUT2D eigenvalue weighted by atomic mass is 16.4. The first-order valence-electron chi connectivity index (χ1n) is 6.29. The molecule has 0 spiro atoms. The van der Waals surface area contributed by atoms with Crippen LogP contribution >= 0.6 is 0 Å². The quantitative estimate of drug-likeness (QED) is 0.735. The normalized spacial score (nSPS) is 10.8. The lowest BCUT2D eigenvalue weighted by Crippen LogP contribution is -2.25. The Balaban J connectivity index is 2.72. The van der Waals surface area contributed by atoms with E-state index in [0.717, 1.165) is 37.2 Å². The van der Waals surface area contributed by atoms with Crippen LogP contribution in [0.5, 0.6) is 0 Å². The molecule has 0 radical (unpaired) electrons. The van der Waals surface area contributed by atoms with Crippen LogP contribution in [0.15, 0.2) is 24.3 Å². The van der Waals surface area contributed by atoms with Gasteiger partial charge in [0.05, 0.1) is 6.42 Å². The number of aliphatic hydroxyl groups excluding tert-OH is 1. The zero-order valence-corrected chi connectivity index (χ0v) is 10.8. The lowest BCUT2D eigenvalue weighted by atomic mass is 10.0. The molecule has 0 amide bonds. The van der Waals surface area contributed by atoms with Gasteiger partial charge < -0.3 is 10.2 Å². The number of rotatable bonds is 8. The molecule has 0 aliphatic carbocycles. The van der Waals surface area contributed by atoms with E-state index < -0.39 is 5.97 Å². The first-order valence-corrected chi connectivity index (χ1v) is 6.29. The summed E-state index contributed by atoms with van der Waals surface area (Å²) in [7, 11) is 0. The summed E-state index contributed by atoms with van der Waals surface area (Å²) in [5.74, 6) is -0.805. The van der Waals surface area contributed by atoms with Crippen molar-refractivity contribution < 1.29 is 15.0 Å². The summed E-state index contributed by atoms with van der Waals surface area (Å²) in [6.07, 6.45) is 0.808. The van der Waals surface area contributed by atoms with Crippen molar-refractivity contribution >= 4 is 5.97 Å². The van der Waals surface area contributed by atoms with Gasteiger partial charge in [0.25, 0.3) is 0 Å². The summed E-state index contributed by atoms with van der Waals surface area (Å²) < 4.78 is 0. The molecule has 4 nitrogen and oxygen atoms in total. The van der Waals surface area contributed by atoms with Gasteiger partial charge in [-0.1, -0.05) is 31.2 Å². The molecule has 0 bridgehead atoms. The molecule has 0 aliphatic rings. The maximum Gasteiger partial charge on any atom is 0.307 e. The Morgan fingerprint density at radius 3 is 2.50 bits per heavy atom. The number of hydrogen-bond acceptors (Lipinski definition) is 3. The van der Waals surface area contributed by atoms with Crippen LogP contribution in [-0.2, 0) is 17.8 Å². The van der Waals surface area contributed by atoms with Gasteiger partial charge in [0.1, 0.15) is 0 Å². The van der Waals surface area contributed by atoms with E-state index in [1.165, 1.54) is 0 Å². The Labute approximate surface area is 108 Å². The number of aliphatic carboxylic acids is 1. The predicted molar refractivity (Wildman–Crippen MR) is 70.4 cm³/mol. The van der Waals surface area contributed by atoms with Crippen LogP contribution in [0.3, 0.4) is 0 Å². The molecule has 0 unspecified atom stereocenters. The van der Waals surface area contributed by atoms with Gasteiger partial charge in [0.15, 0.2) is 0 Å². The molecule has 0 aromatic heterocycles. The van der Waals surface area contributed by atoms with Gasteiger partial charge >= 0.3 is 5.97 Å². The highest BCUT2D eigenvalue weighted by Gasteiger charge is 2.09. The van der Waals surface area contributed by atoms with Crippen molar-refractivity contribution in [3.8, 4) is 0 Å². The molecule has 1 aromatic carbocycles. The summed E-state index contributed by atoms with van der Waals surface area (Å²) in [6.45, 7) is 4.71. The van der Waals surface area contributed by atoms with Crippen molar-refractivity contribution in [1.29, 1.82) is 0 Å². The fourth-order valence-electron chi connectivity index (χ4n) is 1.93. The van der Waals surface area contributed by atoms with Gasteiger partial charge in [-0.2, -0.15) is 0 Å². The van der Waals surface area contributed by atoms with Crippen molar-refractivity contribution in [2.45, 2.75) is 26.3 Å². The molecular formula is C14H21NO3. The fourth-order valence-corrected chi connectivity index (χ4v) is 1.93.